The molecule has 3 rings (SSSR count). The number of carbonyl (C=O) groups is 2. The number of rotatable bonds is 9. The van der Waals surface area contributed by atoms with E-state index in [1.165, 1.54) is 18.9 Å². The minimum Gasteiger partial charge on any atom is -0.493 e. The van der Waals surface area contributed by atoms with Crippen LogP contribution < -0.4 is 9.47 Å². The lowest BCUT2D eigenvalue weighted by Crippen LogP contribution is -2.32. The highest BCUT2D eigenvalue weighted by Crippen LogP contribution is 2.36. The average Bonchev–Trinajstić information content (AvgIpc) is 3.08. The standard InChI is InChI=1S/C26H30N2O5S/c1-6-32-24(29)16-33-21-12-9-19(13-22(21)31-5)14-23-25(30)28(15-17(2)3)26(34-23)27-20-10-7-18(4)8-11-20/h7-14,17H,6,15-16H2,1-5H3/b23-14+,27-26?. The van der Waals surface area contributed by atoms with Gasteiger partial charge in [-0.05, 0) is 67.4 Å². The monoisotopic (exact) mass is 482 g/mol. The van der Waals surface area contributed by atoms with E-state index in [9.17, 15) is 9.59 Å². The molecule has 1 heterocycles. The number of nitrogens with zero attached hydrogens (tertiary/aromatic N) is 2. The summed E-state index contributed by atoms with van der Waals surface area (Å²) in [7, 11) is 1.52. The quantitative estimate of drug-likeness (QED) is 0.361. The zero-order valence-electron chi connectivity index (χ0n) is 20.2. The third kappa shape index (κ3) is 6.63. The van der Waals surface area contributed by atoms with Crippen LogP contribution >= 0.6 is 11.8 Å². The lowest BCUT2D eigenvalue weighted by Gasteiger charge is -2.17. The van der Waals surface area contributed by atoms with Crippen molar-refractivity contribution >= 4 is 40.6 Å². The summed E-state index contributed by atoms with van der Waals surface area (Å²) in [5.74, 6) is 0.649. The summed E-state index contributed by atoms with van der Waals surface area (Å²) in [6.07, 6.45) is 1.82. The van der Waals surface area contributed by atoms with E-state index in [0.29, 0.717) is 40.6 Å². The van der Waals surface area contributed by atoms with Crippen LogP contribution in [0.4, 0.5) is 5.69 Å². The van der Waals surface area contributed by atoms with Crippen molar-refractivity contribution in [2.45, 2.75) is 27.7 Å². The zero-order chi connectivity index (χ0) is 24.7. The molecule has 180 valence electrons. The molecule has 7 nitrogen and oxygen atoms in total. The fourth-order valence-electron chi connectivity index (χ4n) is 3.23. The fraction of sp³-hybridized carbons (Fsp3) is 0.346. The molecule has 0 unspecified atom stereocenters. The van der Waals surface area contributed by atoms with Crippen molar-refractivity contribution in [3.63, 3.8) is 0 Å². The first kappa shape index (κ1) is 25.4. The van der Waals surface area contributed by atoms with E-state index in [0.717, 1.165) is 16.8 Å². The number of amides is 1. The number of aliphatic imine (C=N–C) groups is 1. The number of carbonyl (C=O) groups excluding carboxylic acids is 2. The van der Waals surface area contributed by atoms with Crippen molar-refractivity contribution < 1.29 is 23.8 Å². The van der Waals surface area contributed by atoms with Crippen molar-refractivity contribution in [3.05, 3.63) is 58.5 Å². The van der Waals surface area contributed by atoms with Crippen molar-refractivity contribution in [2.24, 2.45) is 10.9 Å². The summed E-state index contributed by atoms with van der Waals surface area (Å²) in [5, 5.41) is 0.662. The molecule has 1 aliphatic heterocycles. The number of esters is 1. The summed E-state index contributed by atoms with van der Waals surface area (Å²) in [4.78, 5) is 31.8. The summed E-state index contributed by atoms with van der Waals surface area (Å²) < 4.78 is 15.8. The zero-order valence-corrected chi connectivity index (χ0v) is 21.0. The molecule has 0 aliphatic carbocycles. The van der Waals surface area contributed by atoms with E-state index in [1.54, 1.807) is 24.0 Å². The number of benzene rings is 2. The minimum absolute atomic E-state index is 0.0776. The van der Waals surface area contributed by atoms with Crippen molar-refractivity contribution in [3.8, 4) is 11.5 Å². The van der Waals surface area contributed by atoms with Gasteiger partial charge in [0.25, 0.3) is 5.91 Å². The van der Waals surface area contributed by atoms with Crippen LogP contribution in [-0.2, 0) is 14.3 Å². The van der Waals surface area contributed by atoms with Gasteiger partial charge in [-0.25, -0.2) is 9.79 Å². The molecule has 0 atom stereocenters. The Morgan fingerprint density at radius 3 is 2.53 bits per heavy atom. The number of hydrogen-bond acceptors (Lipinski definition) is 7. The second-order valence-corrected chi connectivity index (χ2v) is 9.16. The van der Waals surface area contributed by atoms with Gasteiger partial charge >= 0.3 is 5.97 Å². The molecule has 1 aliphatic rings. The lowest BCUT2D eigenvalue weighted by molar-refractivity contribution is -0.145. The molecule has 0 N–H and O–H groups in total. The van der Waals surface area contributed by atoms with Crippen LogP contribution in [0.5, 0.6) is 11.5 Å². The Morgan fingerprint density at radius 2 is 1.88 bits per heavy atom. The lowest BCUT2D eigenvalue weighted by atomic mass is 10.1. The molecule has 0 saturated carbocycles. The molecule has 1 amide bonds. The fourth-order valence-corrected chi connectivity index (χ4v) is 4.24. The van der Waals surface area contributed by atoms with Crippen molar-refractivity contribution in [1.82, 2.24) is 4.90 Å². The van der Waals surface area contributed by atoms with E-state index < -0.39 is 5.97 Å². The second-order valence-electron chi connectivity index (χ2n) is 8.15. The third-order valence-corrected chi connectivity index (χ3v) is 5.84. The summed E-state index contributed by atoms with van der Waals surface area (Å²) in [6, 6.07) is 13.2. The van der Waals surface area contributed by atoms with Crippen LogP contribution in [0, 0.1) is 12.8 Å². The van der Waals surface area contributed by atoms with Crippen LogP contribution in [0.25, 0.3) is 6.08 Å². The van der Waals surface area contributed by atoms with Crippen LogP contribution in [0.15, 0.2) is 52.4 Å². The van der Waals surface area contributed by atoms with E-state index in [-0.39, 0.29) is 12.5 Å². The van der Waals surface area contributed by atoms with E-state index >= 15 is 0 Å². The number of ether oxygens (including phenoxy) is 3. The number of aryl methyl sites for hydroxylation is 1. The second kappa shape index (κ2) is 11.7. The SMILES string of the molecule is CCOC(=O)COc1ccc(/C=C2/SC(=Nc3ccc(C)cc3)N(CC(C)C)C2=O)cc1OC. The van der Waals surface area contributed by atoms with Crippen LogP contribution in [0.2, 0.25) is 0 Å². The molecular weight excluding hydrogens is 452 g/mol. The molecule has 8 heteroatoms. The Bertz CT molecular complexity index is 1090. The van der Waals surface area contributed by atoms with E-state index in [4.69, 9.17) is 19.2 Å². The number of thioether (sulfide) groups is 1. The Hall–Kier alpha value is -3.26. The summed E-state index contributed by atoms with van der Waals surface area (Å²) in [5.41, 5.74) is 2.74. The topological polar surface area (TPSA) is 77.4 Å². The van der Waals surface area contributed by atoms with Gasteiger partial charge in [0, 0.05) is 6.54 Å². The van der Waals surface area contributed by atoms with Gasteiger partial charge in [0.05, 0.1) is 24.3 Å². The molecule has 0 bridgehead atoms. The van der Waals surface area contributed by atoms with Crippen molar-refractivity contribution in [1.29, 1.82) is 0 Å². The number of methoxy groups -OCH3 is 1. The number of hydrogen-bond donors (Lipinski definition) is 0. The van der Waals surface area contributed by atoms with Crippen molar-refractivity contribution in [2.75, 3.05) is 26.9 Å². The maximum atomic E-state index is 13.2. The maximum absolute atomic E-state index is 13.2. The highest BCUT2D eigenvalue weighted by Gasteiger charge is 2.33. The number of amidine groups is 1. The highest BCUT2D eigenvalue weighted by molar-refractivity contribution is 8.18. The van der Waals surface area contributed by atoms with Gasteiger partial charge < -0.3 is 14.2 Å². The smallest absolute Gasteiger partial charge is 0.344 e. The van der Waals surface area contributed by atoms with Crippen LogP contribution in [0.3, 0.4) is 0 Å². The molecule has 34 heavy (non-hydrogen) atoms. The summed E-state index contributed by atoms with van der Waals surface area (Å²) >= 11 is 1.35. The summed E-state index contributed by atoms with van der Waals surface area (Å²) in [6.45, 7) is 8.58. The van der Waals surface area contributed by atoms with Gasteiger partial charge in [0.15, 0.2) is 23.3 Å². The Balaban J connectivity index is 1.85. The molecular formula is C26H30N2O5S. The average molecular weight is 483 g/mol. The van der Waals surface area contributed by atoms with E-state index in [1.807, 2.05) is 43.3 Å². The first-order valence-electron chi connectivity index (χ1n) is 11.1. The predicted molar refractivity (Wildman–Crippen MR) is 136 cm³/mol. The molecule has 1 saturated heterocycles. The molecule has 2 aromatic rings. The van der Waals surface area contributed by atoms with Gasteiger partial charge in [0.1, 0.15) is 0 Å². The van der Waals surface area contributed by atoms with Gasteiger partial charge in [0.2, 0.25) is 0 Å². The van der Waals surface area contributed by atoms with Gasteiger partial charge in [-0.3, -0.25) is 9.69 Å². The Morgan fingerprint density at radius 1 is 1.15 bits per heavy atom. The molecule has 2 aromatic carbocycles. The van der Waals surface area contributed by atoms with Crippen LogP contribution in [0.1, 0.15) is 31.9 Å². The Kier molecular flexibility index (Phi) is 8.76. The van der Waals surface area contributed by atoms with E-state index in [2.05, 4.69) is 13.8 Å². The maximum Gasteiger partial charge on any atom is 0.344 e. The molecule has 0 radical (unpaired) electrons. The van der Waals surface area contributed by atoms with Gasteiger partial charge in [-0.2, -0.15) is 0 Å². The van der Waals surface area contributed by atoms with Gasteiger partial charge in [-0.1, -0.05) is 37.6 Å². The molecule has 1 fully saturated rings. The van der Waals surface area contributed by atoms with Gasteiger partial charge in [-0.15, -0.1) is 0 Å². The largest absolute Gasteiger partial charge is 0.493 e. The minimum atomic E-state index is -0.450. The molecule has 0 spiro atoms. The first-order valence-corrected chi connectivity index (χ1v) is 12.0. The third-order valence-electron chi connectivity index (χ3n) is 4.83. The first-order chi connectivity index (χ1) is 16.3. The predicted octanol–water partition coefficient (Wildman–Crippen LogP) is 5.21. The normalized spacial score (nSPS) is 15.9. The highest BCUT2D eigenvalue weighted by atomic mass is 32.2. The molecule has 0 aromatic heterocycles. The van der Waals surface area contributed by atoms with Crippen LogP contribution in [-0.4, -0.2) is 48.8 Å². The Labute approximate surface area is 204 Å².